The lowest BCUT2D eigenvalue weighted by Crippen LogP contribution is -2.41. The molecule has 3 rings (SSSR count). The molecule has 2 aliphatic rings. The number of allylic oxidation sites excluding steroid dienone is 1. The molecule has 6 heteroatoms. The molecule has 0 bridgehead atoms. The van der Waals surface area contributed by atoms with Crippen molar-refractivity contribution in [1.82, 2.24) is 0 Å². The average Bonchev–Trinajstić information content (AvgIpc) is 3.05. The Hall–Kier alpha value is -1.07. The van der Waals surface area contributed by atoms with Gasteiger partial charge in [-0.3, -0.25) is 0 Å². The molecule has 2 fully saturated rings. The first-order valence-corrected chi connectivity index (χ1v) is 8.75. The summed E-state index contributed by atoms with van der Waals surface area (Å²) < 4.78 is 16.4. The number of esters is 1. The Morgan fingerprint density at radius 2 is 1.79 bits per heavy atom. The molecule has 0 radical (unpaired) electrons. The summed E-state index contributed by atoms with van der Waals surface area (Å²) in [6, 6.07) is 5.63. The molecule has 1 aliphatic heterocycles. The van der Waals surface area contributed by atoms with E-state index in [1.807, 2.05) is 18.2 Å². The summed E-state index contributed by atoms with van der Waals surface area (Å²) in [5.74, 6) is -0.846. The first kappa shape index (κ1) is 17.7. The molecule has 1 aromatic carbocycles. The molecular weight excluding hydrogens is 351 g/mol. The monoisotopic (exact) mass is 370 g/mol. The van der Waals surface area contributed by atoms with Crippen LogP contribution < -0.4 is 0 Å². The molecule has 1 spiro atoms. The van der Waals surface area contributed by atoms with Crippen molar-refractivity contribution in [2.45, 2.75) is 36.9 Å². The van der Waals surface area contributed by atoms with Gasteiger partial charge in [-0.05, 0) is 30.5 Å². The first-order valence-electron chi connectivity index (χ1n) is 7.99. The molecule has 24 heavy (non-hydrogen) atoms. The Bertz CT molecular complexity index is 640. The zero-order valence-electron chi connectivity index (χ0n) is 13.5. The quantitative estimate of drug-likeness (QED) is 0.588. The molecular formula is C18H20Cl2O4. The zero-order valence-corrected chi connectivity index (χ0v) is 15.0. The van der Waals surface area contributed by atoms with Crippen LogP contribution in [0.1, 0.15) is 31.2 Å². The molecule has 1 aromatic rings. The molecule has 1 saturated heterocycles. The number of methoxy groups -OCH3 is 1. The Morgan fingerprint density at radius 1 is 1.12 bits per heavy atom. The van der Waals surface area contributed by atoms with Crippen LogP contribution in [0.4, 0.5) is 0 Å². The van der Waals surface area contributed by atoms with Gasteiger partial charge in [0.15, 0.2) is 5.79 Å². The molecule has 0 atom stereocenters. The van der Waals surface area contributed by atoms with Crippen molar-refractivity contribution < 1.29 is 19.0 Å². The van der Waals surface area contributed by atoms with Crippen molar-refractivity contribution in [2.75, 3.05) is 20.3 Å². The van der Waals surface area contributed by atoms with Crippen LogP contribution >= 0.6 is 23.2 Å². The number of hydrogen-bond donors (Lipinski definition) is 0. The SMILES string of the molecule is COC(=O)C=CC1(c2ccc(Cl)c(Cl)c2)CCC2(CC1)OCCO2. The second-order valence-corrected chi connectivity index (χ2v) is 7.06. The summed E-state index contributed by atoms with van der Waals surface area (Å²) in [7, 11) is 1.37. The Labute approximate surface area is 151 Å². The van der Waals surface area contributed by atoms with Gasteiger partial charge in [-0.25, -0.2) is 4.79 Å². The standard InChI is InChI=1S/C18H20Cl2O4/c1-22-16(21)4-5-17(13-2-3-14(19)15(20)12-13)6-8-18(9-7-17)23-10-11-24-18/h2-5,12H,6-11H2,1H3. The van der Waals surface area contributed by atoms with Crippen LogP contribution in [0.5, 0.6) is 0 Å². The number of benzene rings is 1. The van der Waals surface area contributed by atoms with E-state index in [0.29, 0.717) is 23.3 Å². The van der Waals surface area contributed by atoms with E-state index in [1.54, 1.807) is 6.07 Å². The maximum Gasteiger partial charge on any atom is 0.330 e. The fourth-order valence-corrected chi connectivity index (χ4v) is 3.81. The summed E-state index contributed by atoms with van der Waals surface area (Å²) in [6.07, 6.45) is 6.51. The van der Waals surface area contributed by atoms with Gasteiger partial charge in [-0.2, -0.15) is 0 Å². The summed E-state index contributed by atoms with van der Waals surface area (Å²) in [5, 5.41) is 1.02. The molecule has 0 N–H and O–H groups in total. The summed E-state index contributed by atoms with van der Waals surface area (Å²) in [6.45, 7) is 1.27. The maximum atomic E-state index is 11.6. The van der Waals surface area contributed by atoms with Gasteiger partial charge in [0, 0.05) is 24.3 Å². The highest BCUT2D eigenvalue weighted by Crippen LogP contribution is 2.48. The van der Waals surface area contributed by atoms with Gasteiger partial charge >= 0.3 is 5.97 Å². The van der Waals surface area contributed by atoms with E-state index in [-0.39, 0.29) is 11.4 Å². The molecule has 1 saturated carbocycles. The third-order valence-corrected chi connectivity index (χ3v) is 5.69. The minimum absolute atomic E-state index is 0.316. The second-order valence-electron chi connectivity index (χ2n) is 6.25. The van der Waals surface area contributed by atoms with Crippen molar-refractivity contribution in [3.8, 4) is 0 Å². The van der Waals surface area contributed by atoms with Crippen LogP contribution in [0.3, 0.4) is 0 Å². The number of rotatable bonds is 3. The van der Waals surface area contributed by atoms with Crippen molar-refractivity contribution in [2.24, 2.45) is 0 Å². The van der Waals surface area contributed by atoms with Gasteiger partial charge in [0.25, 0.3) is 0 Å². The molecule has 4 nitrogen and oxygen atoms in total. The molecule has 130 valence electrons. The van der Waals surface area contributed by atoms with Gasteiger partial charge in [0.05, 0.1) is 30.4 Å². The van der Waals surface area contributed by atoms with E-state index in [1.165, 1.54) is 13.2 Å². The van der Waals surface area contributed by atoms with Gasteiger partial charge in [-0.1, -0.05) is 35.3 Å². The lowest BCUT2D eigenvalue weighted by molar-refractivity contribution is -0.182. The molecule has 0 unspecified atom stereocenters. The van der Waals surface area contributed by atoms with E-state index in [2.05, 4.69) is 0 Å². The lowest BCUT2D eigenvalue weighted by atomic mass is 9.67. The maximum absolute atomic E-state index is 11.6. The van der Waals surface area contributed by atoms with Gasteiger partial charge < -0.3 is 14.2 Å². The van der Waals surface area contributed by atoms with Gasteiger partial charge in [0.1, 0.15) is 0 Å². The van der Waals surface area contributed by atoms with Gasteiger partial charge in [0.2, 0.25) is 0 Å². The third-order valence-electron chi connectivity index (χ3n) is 4.95. The van der Waals surface area contributed by atoms with Crippen LogP contribution in [-0.2, 0) is 24.4 Å². The second kappa shape index (κ2) is 7.04. The minimum atomic E-state index is -0.473. The minimum Gasteiger partial charge on any atom is -0.466 e. The highest BCUT2D eigenvalue weighted by molar-refractivity contribution is 6.42. The average molecular weight is 371 g/mol. The molecule has 0 aromatic heterocycles. The van der Waals surface area contributed by atoms with Crippen molar-refractivity contribution >= 4 is 29.2 Å². The number of halogens is 2. The van der Waals surface area contributed by atoms with Crippen molar-refractivity contribution in [3.05, 3.63) is 46.0 Å². The number of carbonyl (C=O) groups excluding carboxylic acids is 1. The highest BCUT2D eigenvalue weighted by Gasteiger charge is 2.46. The fraction of sp³-hybridized carbons (Fsp3) is 0.500. The summed E-state index contributed by atoms with van der Waals surface area (Å²) >= 11 is 12.3. The highest BCUT2D eigenvalue weighted by atomic mass is 35.5. The molecule has 1 heterocycles. The van der Waals surface area contributed by atoms with E-state index in [0.717, 1.165) is 31.2 Å². The number of hydrogen-bond acceptors (Lipinski definition) is 4. The molecule has 1 aliphatic carbocycles. The van der Waals surface area contributed by atoms with Gasteiger partial charge in [-0.15, -0.1) is 0 Å². The number of ether oxygens (including phenoxy) is 3. The van der Waals surface area contributed by atoms with Crippen molar-refractivity contribution in [1.29, 1.82) is 0 Å². The smallest absolute Gasteiger partial charge is 0.330 e. The van der Waals surface area contributed by atoms with Crippen molar-refractivity contribution in [3.63, 3.8) is 0 Å². The summed E-state index contributed by atoms with van der Waals surface area (Å²) in [4.78, 5) is 11.6. The predicted molar refractivity (Wildman–Crippen MR) is 92.4 cm³/mol. The van der Waals surface area contributed by atoms with E-state index in [4.69, 9.17) is 37.4 Å². The first-order chi connectivity index (χ1) is 11.5. The van der Waals surface area contributed by atoms with Crippen LogP contribution in [0, 0.1) is 0 Å². The zero-order chi connectivity index (χ0) is 17.2. The Balaban J connectivity index is 1.91. The van der Waals surface area contributed by atoms with Crippen LogP contribution in [0.25, 0.3) is 0 Å². The Kier molecular flexibility index (Phi) is 5.21. The lowest BCUT2D eigenvalue weighted by Gasteiger charge is -2.42. The topological polar surface area (TPSA) is 44.8 Å². The van der Waals surface area contributed by atoms with Crippen LogP contribution in [0.2, 0.25) is 10.0 Å². The van der Waals surface area contributed by atoms with Crippen LogP contribution in [-0.4, -0.2) is 32.1 Å². The normalized spacial score (nSPS) is 22.1. The van der Waals surface area contributed by atoms with E-state index >= 15 is 0 Å². The predicted octanol–water partition coefficient (Wildman–Crippen LogP) is 4.28. The summed E-state index contributed by atoms with van der Waals surface area (Å²) in [5.41, 5.74) is 0.716. The molecule has 0 amide bonds. The Morgan fingerprint density at radius 3 is 2.38 bits per heavy atom. The fourth-order valence-electron chi connectivity index (χ4n) is 3.52. The number of carbonyl (C=O) groups is 1. The van der Waals surface area contributed by atoms with E-state index < -0.39 is 5.79 Å². The van der Waals surface area contributed by atoms with Crippen LogP contribution in [0.15, 0.2) is 30.4 Å². The third kappa shape index (κ3) is 3.47. The van der Waals surface area contributed by atoms with E-state index in [9.17, 15) is 4.79 Å². The largest absolute Gasteiger partial charge is 0.466 e.